The molecule has 1 amide bonds. The van der Waals surface area contributed by atoms with Gasteiger partial charge in [0.25, 0.3) is 5.91 Å². The molecule has 2 N–H and O–H groups in total. The van der Waals surface area contributed by atoms with Crippen LogP contribution in [0.25, 0.3) is 0 Å². The zero-order valence-corrected chi connectivity index (χ0v) is 14.4. The van der Waals surface area contributed by atoms with Crippen molar-refractivity contribution >= 4 is 5.91 Å². The predicted octanol–water partition coefficient (Wildman–Crippen LogP) is 2.06. The van der Waals surface area contributed by atoms with E-state index in [0.717, 1.165) is 6.54 Å². The Morgan fingerprint density at radius 1 is 1.04 bits per heavy atom. The summed E-state index contributed by atoms with van der Waals surface area (Å²) in [6.45, 7) is 3.29. The fourth-order valence-corrected chi connectivity index (χ4v) is 4.44. The number of benzene rings is 1. The summed E-state index contributed by atoms with van der Waals surface area (Å²) in [4.78, 5) is 14.2. The second-order valence-corrected chi connectivity index (χ2v) is 7.38. The van der Waals surface area contributed by atoms with Crippen molar-refractivity contribution in [1.29, 1.82) is 5.26 Å². The van der Waals surface area contributed by atoms with Gasteiger partial charge in [0.1, 0.15) is 5.54 Å². The van der Waals surface area contributed by atoms with Gasteiger partial charge in [0.2, 0.25) is 0 Å². The van der Waals surface area contributed by atoms with Gasteiger partial charge in [-0.05, 0) is 56.4 Å². The van der Waals surface area contributed by atoms with Crippen molar-refractivity contribution in [2.45, 2.75) is 56.9 Å². The molecule has 1 aromatic rings. The maximum absolute atomic E-state index is 12.5. The van der Waals surface area contributed by atoms with E-state index in [1.54, 1.807) is 29.2 Å². The number of nitriles is 1. The van der Waals surface area contributed by atoms with E-state index >= 15 is 0 Å². The van der Waals surface area contributed by atoms with Crippen LogP contribution in [0.5, 0.6) is 0 Å². The van der Waals surface area contributed by atoms with E-state index in [4.69, 9.17) is 5.26 Å². The Hall–Kier alpha value is -1.86. The van der Waals surface area contributed by atoms with Crippen LogP contribution in [0, 0.1) is 11.3 Å². The number of carbonyl (C=O) groups is 1. The van der Waals surface area contributed by atoms with Gasteiger partial charge in [0.15, 0.2) is 0 Å². The normalized spacial score (nSPS) is 21.0. The van der Waals surface area contributed by atoms with E-state index in [0.29, 0.717) is 11.1 Å². The van der Waals surface area contributed by atoms with E-state index in [9.17, 15) is 4.79 Å². The average Bonchev–Trinajstić information content (AvgIpc) is 2.67. The average molecular weight is 326 g/mol. The molecule has 0 aromatic heterocycles. The highest BCUT2D eigenvalue weighted by atomic mass is 16.1. The molecule has 2 fully saturated rings. The number of hydrogen-bond donors (Lipinski definition) is 2. The van der Waals surface area contributed by atoms with Crippen LogP contribution in [0.4, 0.5) is 0 Å². The summed E-state index contributed by atoms with van der Waals surface area (Å²) in [5.74, 6) is -0.0131. The first-order valence-corrected chi connectivity index (χ1v) is 9.37. The third-order valence-electron chi connectivity index (χ3n) is 5.88. The summed E-state index contributed by atoms with van der Waals surface area (Å²) in [5, 5.41) is 12.1. The fraction of sp³-hybridized carbons (Fsp3) is 0.600. The number of likely N-dealkylation sites (tertiary alicyclic amines) is 1. The van der Waals surface area contributed by atoms with Crippen molar-refractivity contribution in [2.24, 2.45) is 0 Å². The number of nitrogens with zero attached hydrogens (tertiary/aromatic N) is 1. The van der Waals surface area contributed by atoms with Gasteiger partial charge in [-0.2, -0.15) is 5.26 Å². The highest BCUT2D eigenvalue weighted by Gasteiger charge is 2.42. The molecule has 2 aliphatic rings. The maximum atomic E-state index is 12.5. The fourth-order valence-electron chi connectivity index (χ4n) is 4.44. The summed E-state index contributed by atoms with van der Waals surface area (Å²) in [7, 11) is 0. The van der Waals surface area contributed by atoms with Crippen LogP contribution in [0.1, 0.15) is 67.3 Å². The highest BCUT2D eigenvalue weighted by Crippen LogP contribution is 2.26. The molecule has 4 nitrogen and oxygen atoms in total. The molecule has 1 saturated carbocycles. The Balaban J connectivity index is 1.66. The Bertz CT molecular complexity index is 590. The molecule has 0 unspecified atom stereocenters. The van der Waals surface area contributed by atoms with Gasteiger partial charge in [-0.3, -0.25) is 4.79 Å². The van der Waals surface area contributed by atoms with E-state index in [1.165, 1.54) is 64.5 Å². The third kappa shape index (κ3) is 3.79. The molecule has 128 valence electrons. The molecule has 4 heteroatoms. The number of amides is 1. The van der Waals surface area contributed by atoms with Crippen LogP contribution in [0.15, 0.2) is 24.3 Å². The summed E-state index contributed by atoms with van der Waals surface area (Å²) in [5.41, 5.74) is 1.47. The highest BCUT2D eigenvalue weighted by molar-refractivity contribution is 5.94. The number of nitrogens with one attached hydrogen (secondary N) is 2. The minimum atomic E-state index is -0.0131. The lowest BCUT2D eigenvalue weighted by molar-refractivity contribution is -0.957. The van der Waals surface area contributed by atoms with Crippen molar-refractivity contribution in [3.8, 4) is 6.07 Å². The Morgan fingerprint density at radius 3 is 2.29 bits per heavy atom. The lowest BCUT2D eigenvalue weighted by Crippen LogP contribution is -3.22. The lowest BCUT2D eigenvalue weighted by Gasteiger charge is -2.45. The number of hydrogen-bond acceptors (Lipinski definition) is 2. The molecule has 1 saturated heterocycles. The molecule has 0 radical (unpaired) electrons. The van der Waals surface area contributed by atoms with Crippen molar-refractivity contribution in [3.63, 3.8) is 0 Å². The molecule has 1 aromatic carbocycles. The largest absolute Gasteiger partial charge is 0.346 e. The molecule has 1 aliphatic carbocycles. The molecule has 1 heterocycles. The summed E-state index contributed by atoms with van der Waals surface area (Å²) in [6, 6.07) is 9.00. The second-order valence-electron chi connectivity index (χ2n) is 7.38. The maximum Gasteiger partial charge on any atom is 0.251 e. The molecule has 3 rings (SSSR count). The molecular weight excluding hydrogens is 298 g/mol. The number of carbonyl (C=O) groups excluding carboxylic acids is 1. The van der Waals surface area contributed by atoms with Crippen LogP contribution in [-0.2, 0) is 0 Å². The number of quaternary nitrogens is 1. The molecular formula is C20H28N3O+. The molecule has 0 bridgehead atoms. The number of rotatable bonds is 4. The minimum absolute atomic E-state index is 0.0131. The van der Waals surface area contributed by atoms with Crippen molar-refractivity contribution in [3.05, 3.63) is 35.4 Å². The van der Waals surface area contributed by atoms with E-state index in [2.05, 4.69) is 11.4 Å². The van der Waals surface area contributed by atoms with Crippen LogP contribution in [0.3, 0.4) is 0 Å². The van der Waals surface area contributed by atoms with E-state index < -0.39 is 0 Å². The van der Waals surface area contributed by atoms with Crippen LogP contribution < -0.4 is 10.2 Å². The predicted molar refractivity (Wildman–Crippen MR) is 93.9 cm³/mol. The van der Waals surface area contributed by atoms with Crippen molar-refractivity contribution < 1.29 is 9.69 Å². The minimum Gasteiger partial charge on any atom is -0.346 e. The van der Waals surface area contributed by atoms with Gasteiger partial charge in [-0.15, -0.1) is 0 Å². The van der Waals surface area contributed by atoms with Crippen LogP contribution >= 0.6 is 0 Å². The first kappa shape index (κ1) is 17.0. The van der Waals surface area contributed by atoms with Gasteiger partial charge in [-0.1, -0.05) is 6.42 Å². The molecule has 0 atom stereocenters. The van der Waals surface area contributed by atoms with Gasteiger partial charge in [0.05, 0.1) is 31.3 Å². The summed E-state index contributed by atoms with van der Waals surface area (Å²) in [6.07, 6.45) is 10.4. The first-order valence-electron chi connectivity index (χ1n) is 9.37. The Kier molecular flexibility index (Phi) is 5.52. The van der Waals surface area contributed by atoms with Crippen molar-refractivity contribution in [2.75, 3.05) is 19.6 Å². The standard InChI is InChI=1S/C20H27N3O/c21-15-17-7-9-18(10-8-17)19(24)22-16-20(11-3-1-4-12-20)23-13-5-2-6-14-23/h7-10H,1-6,11-14,16H2,(H,22,24)/p+1. The first-order chi connectivity index (χ1) is 11.7. The van der Waals surface area contributed by atoms with Gasteiger partial charge in [-0.25, -0.2) is 0 Å². The quantitative estimate of drug-likeness (QED) is 0.890. The van der Waals surface area contributed by atoms with Crippen LogP contribution in [-0.4, -0.2) is 31.1 Å². The van der Waals surface area contributed by atoms with Gasteiger partial charge in [0, 0.05) is 18.4 Å². The SMILES string of the molecule is N#Cc1ccc(C(=O)NCC2([NH+]3CCCCC3)CCCCC2)cc1. The Morgan fingerprint density at radius 2 is 1.67 bits per heavy atom. The Labute approximate surface area is 144 Å². The molecule has 0 spiro atoms. The van der Waals surface area contributed by atoms with Gasteiger partial charge < -0.3 is 10.2 Å². The molecule has 1 aliphatic heterocycles. The van der Waals surface area contributed by atoms with Gasteiger partial charge >= 0.3 is 0 Å². The van der Waals surface area contributed by atoms with E-state index in [-0.39, 0.29) is 11.4 Å². The topological polar surface area (TPSA) is 57.3 Å². The van der Waals surface area contributed by atoms with E-state index in [1.807, 2.05) is 0 Å². The third-order valence-corrected chi connectivity index (χ3v) is 5.88. The summed E-state index contributed by atoms with van der Waals surface area (Å²) >= 11 is 0. The smallest absolute Gasteiger partial charge is 0.251 e. The second kappa shape index (κ2) is 7.81. The van der Waals surface area contributed by atoms with Crippen LogP contribution in [0.2, 0.25) is 0 Å². The zero-order valence-electron chi connectivity index (χ0n) is 14.4. The number of piperidine rings is 1. The zero-order chi connectivity index (χ0) is 16.8. The lowest BCUT2D eigenvalue weighted by atomic mass is 9.79. The van der Waals surface area contributed by atoms with Crippen molar-refractivity contribution in [1.82, 2.24) is 5.32 Å². The summed E-state index contributed by atoms with van der Waals surface area (Å²) < 4.78 is 0. The monoisotopic (exact) mass is 326 g/mol. The molecule has 24 heavy (non-hydrogen) atoms.